The zero-order valence-corrected chi connectivity index (χ0v) is 11.7. The van der Waals surface area contributed by atoms with Crippen molar-refractivity contribution in [1.82, 2.24) is 0 Å². The Hall–Kier alpha value is -1.49. The van der Waals surface area contributed by atoms with Crippen molar-refractivity contribution in [2.45, 2.75) is 36.3 Å². The van der Waals surface area contributed by atoms with Crippen molar-refractivity contribution in [1.29, 1.82) is 0 Å². The molecule has 1 aromatic carbocycles. The summed E-state index contributed by atoms with van der Waals surface area (Å²) in [6.07, 6.45) is 0.734. The minimum Gasteiger partial charge on any atom is -0.481 e. The molecule has 0 radical (unpaired) electrons. The molecular formula is C14H17NO3S. The monoisotopic (exact) mass is 279 g/mol. The first-order chi connectivity index (χ1) is 9.08. The summed E-state index contributed by atoms with van der Waals surface area (Å²) in [7, 11) is 0. The summed E-state index contributed by atoms with van der Waals surface area (Å²) in [5.74, 6) is -0.836. The number of aliphatic carboxylic acids is 1. The van der Waals surface area contributed by atoms with Gasteiger partial charge in [-0.05, 0) is 18.6 Å². The second-order valence-electron chi connectivity index (χ2n) is 4.65. The molecule has 1 aromatic rings. The van der Waals surface area contributed by atoms with Gasteiger partial charge >= 0.3 is 5.97 Å². The fourth-order valence-electron chi connectivity index (χ4n) is 2.15. The molecule has 0 bridgehead atoms. The SMILES string of the molecule is CC1CN(C(=O)CCCC(=O)O)c2ccccc2S1. The Kier molecular flexibility index (Phi) is 4.47. The van der Waals surface area contributed by atoms with E-state index >= 15 is 0 Å². The van der Waals surface area contributed by atoms with Crippen molar-refractivity contribution in [3.63, 3.8) is 0 Å². The molecule has 1 amide bonds. The Morgan fingerprint density at radius 3 is 2.84 bits per heavy atom. The van der Waals surface area contributed by atoms with E-state index in [2.05, 4.69) is 6.92 Å². The van der Waals surface area contributed by atoms with Gasteiger partial charge in [0.1, 0.15) is 0 Å². The van der Waals surface area contributed by atoms with Crippen LogP contribution in [0.3, 0.4) is 0 Å². The van der Waals surface area contributed by atoms with Crippen molar-refractivity contribution in [2.24, 2.45) is 0 Å². The maximum atomic E-state index is 12.2. The number of hydrogen-bond donors (Lipinski definition) is 1. The highest BCUT2D eigenvalue weighted by atomic mass is 32.2. The van der Waals surface area contributed by atoms with Gasteiger partial charge in [0.2, 0.25) is 5.91 Å². The predicted molar refractivity (Wildman–Crippen MR) is 75.6 cm³/mol. The van der Waals surface area contributed by atoms with E-state index in [-0.39, 0.29) is 18.7 Å². The van der Waals surface area contributed by atoms with Crippen LogP contribution in [-0.4, -0.2) is 28.8 Å². The quantitative estimate of drug-likeness (QED) is 0.920. The summed E-state index contributed by atoms with van der Waals surface area (Å²) >= 11 is 1.77. The van der Waals surface area contributed by atoms with Crippen LogP contribution in [0.1, 0.15) is 26.2 Å². The van der Waals surface area contributed by atoms with Crippen LogP contribution in [-0.2, 0) is 9.59 Å². The average molecular weight is 279 g/mol. The summed E-state index contributed by atoms with van der Waals surface area (Å²) in [5.41, 5.74) is 0.950. The molecule has 2 rings (SSSR count). The van der Waals surface area contributed by atoms with Crippen molar-refractivity contribution in [3.8, 4) is 0 Å². The van der Waals surface area contributed by atoms with Gasteiger partial charge in [-0.25, -0.2) is 0 Å². The fourth-order valence-corrected chi connectivity index (χ4v) is 3.26. The number of carboxylic acids is 1. The molecule has 1 aliphatic rings. The van der Waals surface area contributed by atoms with Crippen molar-refractivity contribution < 1.29 is 14.7 Å². The normalized spacial score (nSPS) is 17.9. The largest absolute Gasteiger partial charge is 0.481 e. The van der Waals surface area contributed by atoms with E-state index in [9.17, 15) is 9.59 Å². The summed E-state index contributed by atoms with van der Waals surface area (Å²) in [4.78, 5) is 25.6. The number of para-hydroxylation sites is 1. The van der Waals surface area contributed by atoms with Gasteiger partial charge in [-0.1, -0.05) is 19.1 Å². The Labute approximate surface area is 116 Å². The van der Waals surface area contributed by atoms with Gasteiger partial charge in [0.15, 0.2) is 0 Å². The van der Waals surface area contributed by atoms with Gasteiger partial charge in [0.25, 0.3) is 0 Å². The van der Waals surface area contributed by atoms with E-state index in [1.54, 1.807) is 16.7 Å². The van der Waals surface area contributed by atoms with Gasteiger partial charge in [-0.15, -0.1) is 11.8 Å². The molecule has 5 heteroatoms. The summed E-state index contributed by atoms with van der Waals surface area (Å²) in [6.45, 7) is 2.78. The van der Waals surface area contributed by atoms with Crippen LogP contribution in [0, 0.1) is 0 Å². The van der Waals surface area contributed by atoms with Crippen LogP contribution in [0.4, 0.5) is 5.69 Å². The Balaban J connectivity index is 2.07. The highest BCUT2D eigenvalue weighted by Crippen LogP contribution is 2.38. The lowest BCUT2D eigenvalue weighted by Crippen LogP contribution is -2.38. The fraction of sp³-hybridized carbons (Fsp3) is 0.429. The van der Waals surface area contributed by atoms with Gasteiger partial charge in [0, 0.05) is 29.5 Å². The van der Waals surface area contributed by atoms with E-state index in [4.69, 9.17) is 5.11 Å². The maximum Gasteiger partial charge on any atom is 0.303 e. The molecule has 0 aliphatic carbocycles. The third-order valence-corrected chi connectivity index (χ3v) is 4.16. The van der Waals surface area contributed by atoms with Crippen molar-refractivity contribution in [3.05, 3.63) is 24.3 Å². The number of carboxylic acid groups (broad SMARTS) is 1. The second kappa shape index (κ2) is 6.10. The van der Waals surface area contributed by atoms with E-state index in [0.717, 1.165) is 10.6 Å². The van der Waals surface area contributed by atoms with Crippen LogP contribution < -0.4 is 4.90 Å². The zero-order valence-electron chi connectivity index (χ0n) is 10.8. The van der Waals surface area contributed by atoms with E-state index in [1.807, 2.05) is 24.3 Å². The maximum absolute atomic E-state index is 12.2. The number of rotatable bonds is 4. The molecule has 1 aliphatic heterocycles. The number of thioether (sulfide) groups is 1. The summed E-state index contributed by atoms with van der Waals surface area (Å²) in [5, 5.41) is 8.97. The standard InChI is InChI=1S/C14H17NO3S/c1-10-9-15(13(16)7-4-8-14(17)18)11-5-2-3-6-12(11)19-10/h2-3,5-6,10H,4,7-9H2,1H3,(H,17,18). The number of fused-ring (bicyclic) bond motifs is 1. The molecule has 0 aromatic heterocycles. The third kappa shape index (κ3) is 3.50. The first kappa shape index (κ1) is 13.9. The van der Waals surface area contributed by atoms with Crippen LogP contribution >= 0.6 is 11.8 Å². The molecule has 0 spiro atoms. The zero-order chi connectivity index (χ0) is 13.8. The number of benzene rings is 1. The van der Waals surface area contributed by atoms with Gasteiger partial charge < -0.3 is 10.0 Å². The number of amides is 1. The second-order valence-corrected chi connectivity index (χ2v) is 6.13. The lowest BCUT2D eigenvalue weighted by atomic mass is 10.2. The number of carbonyl (C=O) groups excluding carboxylic acids is 1. The van der Waals surface area contributed by atoms with Gasteiger partial charge in [0.05, 0.1) is 5.69 Å². The van der Waals surface area contributed by atoms with Gasteiger partial charge in [-0.3, -0.25) is 9.59 Å². The van der Waals surface area contributed by atoms with Crippen molar-refractivity contribution in [2.75, 3.05) is 11.4 Å². The van der Waals surface area contributed by atoms with E-state index in [1.165, 1.54) is 0 Å². The highest BCUT2D eigenvalue weighted by Gasteiger charge is 2.26. The topological polar surface area (TPSA) is 57.6 Å². The number of nitrogens with zero attached hydrogens (tertiary/aromatic N) is 1. The van der Waals surface area contributed by atoms with Crippen LogP contribution in [0.15, 0.2) is 29.2 Å². The van der Waals surface area contributed by atoms with Crippen LogP contribution in [0.2, 0.25) is 0 Å². The minimum absolute atomic E-state index is 0.0147. The molecule has 4 nitrogen and oxygen atoms in total. The smallest absolute Gasteiger partial charge is 0.303 e. The van der Waals surface area contributed by atoms with Crippen LogP contribution in [0.25, 0.3) is 0 Å². The molecule has 0 saturated heterocycles. The highest BCUT2D eigenvalue weighted by molar-refractivity contribution is 8.00. The first-order valence-electron chi connectivity index (χ1n) is 6.36. The number of carbonyl (C=O) groups is 2. The molecule has 19 heavy (non-hydrogen) atoms. The average Bonchev–Trinajstić information content (AvgIpc) is 2.37. The predicted octanol–water partition coefficient (Wildman–Crippen LogP) is 2.77. The van der Waals surface area contributed by atoms with Crippen molar-refractivity contribution >= 4 is 29.3 Å². The minimum atomic E-state index is -0.851. The molecular weight excluding hydrogens is 262 g/mol. The number of hydrogen-bond acceptors (Lipinski definition) is 3. The molecule has 1 heterocycles. The first-order valence-corrected chi connectivity index (χ1v) is 7.23. The molecule has 102 valence electrons. The molecule has 0 fully saturated rings. The molecule has 1 unspecified atom stereocenters. The Morgan fingerprint density at radius 1 is 1.37 bits per heavy atom. The molecule has 1 atom stereocenters. The summed E-state index contributed by atoms with van der Waals surface area (Å²) in [6, 6.07) is 7.86. The lowest BCUT2D eigenvalue weighted by Gasteiger charge is -2.32. The third-order valence-electron chi connectivity index (χ3n) is 3.01. The number of anilines is 1. The van der Waals surface area contributed by atoms with Crippen LogP contribution in [0.5, 0.6) is 0 Å². The van der Waals surface area contributed by atoms with Gasteiger partial charge in [-0.2, -0.15) is 0 Å². The Bertz CT molecular complexity index is 489. The molecule has 1 N–H and O–H groups in total. The van der Waals surface area contributed by atoms with E-state index in [0.29, 0.717) is 18.2 Å². The van der Waals surface area contributed by atoms with E-state index < -0.39 is 5.97 Å². The Morgan fingerprint density at radius 2 is 2.11 bits per heavy atom. The molecule has 0 saturated carbocycles. The lowest BCUT2D eigenvalue weighted by molar-refractivity contribution is -0.137. The summed E-state index contributed by atoms with van der Waals surface area (Å²) < 4.78 is 0.